The van der Waals surface area contributed by atoms with Crippen molar-refractivity contribution in [2.75, 3.05) is 6.61 Å². The summed E-state index contributed by atoms with van der Waals surface area (Å²) in [5.74, 6) is 2.43. The summed E-state index contributed by atoms with van der Waals surface area (Å²) in [7, 11) is 0. The molecule has 1 aliphatic carbocycles. The second-order valence-corrected chi connectivity index (χ2v) is 7.69. The highest BCUT2D eigenvalue weighted by molar-refractivity contribution is 5.85. The van der Waals surface area contributed by atoms with E-state index in [0.29, 0.717) is 12.5 Å². The van der Waals surface area contributed by atoms with Gasteiger partial charge >= 0.3 is 0 Å². The molecule has 1 atom stereocenters. The second kappa shape index (κ2) is 9.44. The van der Waals surface area contributed by atoms with E-state index in [9.17, 15) is 5.11 Å². The Bertz CT molecular complexity index is 903. The number of aliphatic hydroxyl groups is 1. The summed E-state index contributed by atoms with van der Waals surface area (Å²) in [6.45, 7) is 2.83. The predicted octanol–water partition coefficient (Wildman–Crippen LogP) is 5.25. The van der Waals surface area contributed by atoms with Gasteiger partial charge in [-0.25, -0.2) is 4.98 Å². The quantitative estimate of drug-likeness (QED) is 0.614. The van der Waals surface area contributed by atoms with Gasteiger partial charge in [0.1, 0.15) is 24.3 Å². The maximum Gasteiger partial charge on any atom is 0.119 e. The molecule has 0 amide bonds. The molecule has 0 radical (unpaired) electrons. The lowest BCUT2D eigenvalue weighted by Crippen LogP contribution is -2.25. The monoisotopic (exact) mass is 400 g/mol. The van der Waals surface area contributed by atoms with Crippen LogP contribution in [-0.2, 0) is 6.54 Å². The van der Waals surface area contributed by atoms with Crippen molar-refractivity contribution < 1.29 is 9.84 Å². The van der Waals surface area contributed by atoms with Gasteiger partial charge in [0, 0.05) is 5.92 Å². The minimum absolute atomic E-state index is 0. The van der Waals surface area contributed by atoms with E-state index >= 15 is 0 Å². The third-order valence-electron chi connectivity index (χ3n) is 5.48. The van der Waals surface area contributed by atoms with Gasteiger partial charge in [-0.2, -0.15) is 0 Å². The average Bonchev–Trinajstić information content (AvgIpc) is 3.06. The fourth-order valence-corrected chi connectivity index (χ4v) is 4.12. The topological polar surface area (TPSA) is 47.3 Å². The van der Waals surface area contributed by atoms with Crippen LogP contribution in [0.25, 0.3) is 11.0 Å². The summed E-state index contributed by atoms with van der Waals surface area (Å²) < 4.78 is 8.03. The van der Waals surface area contributed by atoms with Gasteiger partial charge in [0.15, 0.2) is 0 Å². The number of fused-ring (bicyclic) bond motifs is 1. The molecular weight excluding hydrogens is 372 g/mol. The molecule has 150 valence electrons. The number of halogens is 1. The van der Waals surface area contributed by atoms with Gasteiger partial charge in [0.2, 0.25) is 0 Å². The zero-order chi connectivity index (χ0) is 18.6. The zero-order valence-electron chi connectivity index (χ0n) is 16.4. The SMILES string of the molecule is Cc1cccc(OCC(O)Cn2c(C3CCCCC3)nc3ccccc32)c1.Cl. The third-order valence-corrected chi connectivity index (χ3v) is 5.48. The van der Waals surface area contributed by atoms with Gasteiger partial charge in [0.05, 0.1) is 17.6 Å². The maximum atomic E-state index is 10.7. The molecule has 1 N–H and O–H groups in total. The van der Waals surface area contributed by atoms with Gasteiger partial charge in [-0.05, 0) is 49.6 Å². The molecular formula is C23H29ClN2O2. The largest absolute Gasteiger partial charge is 0.491 e. The molecule has 5 heteroatoms. The number of aliphatic hydroxyl groups excluding tert-OH is 1. The number of para-hydroxylation sites is 2. The van der Waals surface area contributed by atoms with E-state index in [0.717, 1.165) is 28.2 Å². The van der Waals surface area contributed by atoms with Crippen LogP contribution in [0.1, 0.15) is 49.4 Å². The molecule has 1 aromatic heterocycles. The van der Waals surface area contributed by atoms with E-state index < -0.39 is 6.10 Å². The van der Waals surface area contributed by atoms with Crippen LogP contribution in [0.4, 0.5) is 0 Å². The summed E-state index contributed by atoms with van der Waals surface area (Å²) in [6.07, 6.45) is 5.67. The van der Waals surface area contributed by atoms with Gasteiger partial charge in [-0.1, -0.05) is 43.5 Å². The van der Waals surface area contributed by atoms with Crippen LogP contribution < -0.4 is 4.74 Å². The minimum atomic E-state index is -0.578. The maximum absolute atomic E-state index is 10.7. The number of ether oxygens (including phenoxy) is 1. The highest BCUT2D eigenvalue weighted by Crippen LogP contribution is 2.34. The molecule has 0 saturated heterocycles. The summed E-state index contributed by atoms with van der Waals surface area (Å²) in [5.41, 5.74) is 3.28. The molecule has 4 nitrogen and oxygen atoms in total. The Hall–Kier alpha value is -2.04. The molecule has 3 aromatic rings. The van der Waals surface area contributed by atoms with E-state index in [4.69, 9.17) is 9.72 Å². The van der Waals surface area contributed by atoms with Crippen LogP contribution in [0.5, 0.6) is 5.75 Å². The molecule has 0 spiro atoms. The normalized spacial score (nSPS) is 15.9. The van der Waals surface area contributed by atoms with Crippen molar-refractivity contribution in [3.05, 3.63) is 59.9 Å². The van der Waals surface area contributed by atoms with Crippen molar-refractivity contribution in [1.29, 1.82) is 0 Å². The summed E-state index contributed by atoms with van der Waals surface area (Å²) in [5, 5.41) is 10.7. The Morgan fingerprint density at radius 3 is 2.68 bits per heavy atom. The number of imidazole rings is 1. The predicted molar refractivity (Wildman–Crippen MR) is 115 cm³/mol. The van der Waals surface area contributed by atoms with E-state index in [1.54, 1.807) is 0 Å². The number of nitrogens with zero attached hydrogens (tertiary/aromatic N) is 2. The van der Waals surface area contributed by atoms with Crippen molar-refractivity contribution in [3.8, 4) is 5.75 Å². The van der Waals surface area contributed by atoms with Crippen LogP contribution in [0, 0.1) is 6.92 Å². The number of aromatic nitrogens is 2. The first kappa shape index (κ1) is 20.7. The van der Waals surface area contributed by atoms with Crippen molar-refractivity contribution in [2.24, 2.45) is 0 Å². The lowest BCUT2D eigenvalue weighted by Gasteiger charge is -2.23. The molecule has 1 unspecified atom stereocenters. The molecule has 1 aliphatic rings. The smallest absolute Gasteiger partial charge is 0.119 e. The molecule has 0 bridgehead atoms. The van der Waals surface area contributed by atoms with E-state index in [-0.39, 0.29) is 19.0 Å². The van der Waals surface area contributed by atoms with E-state index in [1.807, 2.05) is 43.3 Å². The Labute approximate surface area is 173 Å². The van der Waals surface area contributed by atoms with E-state index in [1.165, 1.54) is 32.1 Å². The van der Waals surface area contributed by atoms with Gasteiger partial charge in [0.25, 0.3) is 0 Å². The van der Waals surface area contributed by atoms with Crippen LogP contribution in [0.15, 0.2) is 48.5 Å². The summed E-state index contributed by atoms with van der Waals surface area (Å²) in [4.78, 5) is 4.93. The molecule has 2 aromatic carbocycles. The zero-order valence-corrected chi connectivity index (χ0v) is 17.2. The number of aryl methyl sites for hydroxylation is 1. The molecule has 1 heterocycles. The Kier molecular flexibility index (Phi) is 6.97. The molecule has 0 aliphatic heterocycles. The Morgan fingerprint density at radius 2 is 1.89 bits per heavy atom. The Balaban J connectivity index is 0.00000225. The minimum Gasteiger partial charge on any atom is -0.491 e. The van der Waals surface area contributed by atoms with Crippen LogP contribution in [0.3, 0.4) is 0 Å². The average molecular weight is 401 g/mol. The third kappa shape index (κ3) is 4.68. The first-order chi connectivity index (χ1) is 13.2. The van der Waals surface area contributed by atoms with Crippen molar-refractivity contribution in [2.45, 2.75) is 57.6 Å². The molecule has 4 rings (SSSR count). The molecule has 1 saturated carbocycles. The standard InChI is InChI=1S/C23H28N2O2.ClH/c1-17-8-7-11-20(14-17)27-16-19(26)15-25-22-13-6-5-12-21(22)24-23(25)18-9-3-2-4-10-18;/h5-8,11-14,18-19,26H,2-4,9-10,15-16H2,1H3;1H. The van der Waals surface area contributed by atoms with Crippen LogP contribution in [0.2, 0.25) is 0 Å². The number of hydrogen-bond donors (Lipinski definition) is 1. The van der Waals surface area contributed by atoms with Crippen molar-refractivity contribution in [1.82, 2.24) is 9.55 Å². The number of benzene rings is 2. The Morgan fingerprint density at radius 1 is 1.11 bits per heavy atom. The highest BCUT2D eigenvalue weighted by atomic mass is 35.5. The molecule has 28 heavy (non-hydrogen) atoms. The lowest BCUT2D eigenvalue weighted by molar-refractivity contribution is 0.0922. The molecule has 1 fully saturated rings. The van der Waals surface area contributed by atoms with Crippen molar-refractivity contribution in [3.63, 3.8) is 0 Å². The van der Waals surface area contributed by atoms with Gasteiger partial charge in [-0.3, -0.25) is 0 Å². The number of hydrogen-bond acceptors (Lipinski definition) is 3. The van der Waals surface area contributed by atoms with Gasteiger partial charge in [-0.15, -0.1) is 12.4 Å². The summed E-state index contributed by atoms with van der Waals surface area (Å²) >= 11 is 0. The first-order valence-electron chi connectivity index (χ1n) is 10.0. The van der Waals surface area contributed by atoms with Crippen molar-refractivity contribution >= 4 is 23.4 Å². The van der Waals surface area contributed by atoms with Crippen LogP contribution in [-0.4, -0.2) is 27.4 Å². The van der Waals surface area contributed by atoms with Gasteiger partial charge < -0.3 is 14.4 Å². The highest BCUT2D eigenvalue weighted by Gasteiger charge is 2.23. The number of rotatable bonds is 6. The fourth-order valence-electron chi connectivity index (χ4n) is 4.12. The fraction of sp³-hybridized carbons (Fsp3) is 0.435. The first-order valence-corrected chi connectivity index (χ1v) is 10.0. The lowest BCUT2D eigenvalue weighted by atomic mass is 9.88. The van der Waals surface area contributed by atoms with Crippen LogP contribution >= 0.6 is 12.4 Å². The second-order valence-electron chi connectivity index (χ2n) is 7.69. The summed E-state index contributed by atoms with van der Waals surface area (Å²) in [6, 6.07) is 16.2. The van der Waals surface area contributed by atoms with E-state index in [2.05, 4.69) is 16.7 Å².